The lowest BCUT2D eigenvalue weighted by Gasteiger charge is -2.12. The van der Waals surface area contributed by atoms with E-state index >= 15 is 0 Å². The lowest BCUT2D eigenvalue weighted by molar-refractivity contribution is 0.0998. The van der Waals surface area contributed by atoms with Gasteiger partial charge in [0.1, 0.15) is 6.10 Å². The van der Waals surface area contributed by atoms with Gasteiger partial charge in [-0.2, -0.15) is 5.10 Å². The minimum atomic E-state index is -0.363. The predicted octanol–water partition coefficient (Wildman–Crippen LogP) is 2.84. The number of aromatic nitrogens is 3. The van der Waals surface area contributed by atoms with Crippen LogP contribution >= 0.6 is 0 Å². The van der Waals surface area contributed by atoms with Crippen molar-refractivity contribution in [2.75, 3.05) is 19.0 Å². The molecule has 9 heteroatoms. The van der Waals surface area contributed by atoms with Crippen molar-refractivity contribution in [2.45, 2.75) is 44.6 Å². The summed E-state index contributed by atoms with van der Waals surface area (Å²) in [5.41, 5.74) is 1.33. The average Bonchev–Trinajstić information content (AvgIpc) is 3.36. The summed E-state index contributed by atoms with van der Waals surface area (Å²) in [4.78, 5) is 28.0. The number of nitrogens with one attached hydrogen (secondary N) is 3. The number of hydrogen-bond donors (Lipinski definition) is 3. The monoisotopic (exact) mass is 387 g/mol. The van der Waals surface area contributed by atoms with Gasteiger partial charge < -0.3 is 20.1 Å². The standard InChI is InChI=1S/C19H25N5O4/c1-3-8-20-19(26)28-14-6-4-12(9-14)15-10-16(24-23-15)22-18(25)13-5-7-17(27-2)21-11-13/h5,7,10-12,14H,3-4,6,8-9H2,1-2H3,(H,20,26)(H2,22,23,24,25). The lowest BCUT2D eigenvalue weighted by atomic mass is 10.0. The van der Waals surface area contributed by atoms with E-state index < -0.39 is 0 Å². The third-order valence-electron chi connectivity index (χ3n) is 4.66. The number of H-pyrrole nitrogens is 1. The van der Waals surface area contributed by atoms with E-state index in [9.17, 15) is 9.59 Å². The summed E-state index contributed by atoms with van der Waals surface area (Å²) in [6.45, 7) is 2.61. The van der Waals surface area contributed by atoms with E-state index in [0.717, 1.165) is 31.4 Å². The number of carbonyl (C=O) groups is 2. The highest BCUT2D eigenvalue weighted by Gasteiger charge is 2.30. The summed E-state index contributed by atoms with van der Waals surface area (Å²) in [6.07, 6.45) is 4.29. The fourth-order valence-electron chi connectivity index (χ4n) is 3.18. The van der Waals surface area contributed by atoms with E-state index in [1.807, 2.05) is 13.0 Å². The van der Waals surface area contributed by atoms with Crippen molar-refractivity contribution in [3.05, 3.63) is 35.7 Å². The largest absolute Gasteiger partial charge is 0.481 e. The van der Waals surface area contributed by atoms with Crippen LogP contribution in [0, 0.1) is 0 Å². The Morgan fingerprint density at radius 1 is 1.32 bits per heavy atom. The molecule has 0 spiro atoms. The van der Waals surface area contributed by atoms with Crippen LogP contribution in [-0.2, 0) is 4.74 Å². The second-order valence-electron chi connectivity index (χ2n) is 6.72. The highest BCUT2D eigenvalue weighted by atomic mass is 16.6. The van der Waals surface area contributed by atoms with Gasteiger partial charge in [-0.05, 0) is 31.7 Å². The molecule has 2 aromatic heterocycles. The Balaban J connectivity index is 1.52. The first kappa shape index (κ1) is 19.7. The molecule has 2 heterocycles. The molecule has 1 fully saturated rings. The van der Waals surface area contributed by atoms with Crippen LogP contribution in [0.25, 0.3) is 0 Å². The van der Waals surface area contributed by atoms with E-state index in [1.54, 1.807) is 12.1 Å². The Kier molecular flexibility index (Phi) is 6.46. The van der Waals surface area contributed by atoms with Crippen molar-refractivity contribution >= 4 is 17.8 Å². The first-order chi connectivity index (χ1) is 13.6. The third-order valence-corrected chi connectivity index (χ3v) is 4.66. The van der Waals surface area contributed by atoms with Crippen molar-refractivity contribution in [1.82, 2.24) is 20.5 Å². The second-order valence-corrected chi connectivity index (χ2v) is 6.72. The summed E-state index contributed by atoms with van der Waals surface area (Å²) in [6, 6.07) is 5.08. The normalized spacial score (nSPS) is 18.5. The number of hydrogen-bond acceptors (Lipinski definition) is 6. The number of ether oxygens (including phenoxy) is 2. The van der Waals surface area contributed by atoms with Crippen LogP contribution in [0.5, 0.6) is 5.88 Å². The molecule has 2 atom stereocenters. The van der Waals surface area contributed by atoms with Gasteiger partial charge in [0, 0.05) is 36.5 Å². The van der Waals surface area contributed by atoms with Crippen LogP contribution in [0.2, 0.25) is 0 Å². The molecule has 1 aliphatic rings. The molecule has 3 rings (SSSR count). The zero-order valence-electron chi connectivity index (χ0n) is 16.0. The quantitative estimate of drug-likeness (QED) is 0.672. The van der Waals surface area contributed by atoms with Gasteiger partial charge in [-0.25, -0.2) is 9.78 Å². The molecule has 2 unspecified atom stereocenters. The van der Waals surface area contributed by atoms with Gasteiger partial charge in [0.15, 0.2) is 5.82 Å². The molecule has 1 aliphatic carbocycles. The molecule has 0 aromatic carbocycles. The number of nitrogens with zero attached hydrogens (tertiary/aromatic N) is 2. The first-order valence-corrected chi connectivity index (χ1v) is 9.40. The molecule has 9 nitrogen and oxygen atoms in total. The predicted molar refractivity (Wildman–Crippen MR) is 102 cm³/mol. The molecule has 2 aromatic rings. The first-order valence-electron chi connectivity index (χ1n) is 9.40. The van der Waals surface area contributed by atoms with Crippen molar-refractivity contribution in [3.8, 4) is 5.88 Å². The molecule has 2 amide bonds. The number of rotatable bonds is 7. The number of carbonyl (C=O) groups excluding carboxylic acids is 2. The summed E-state index contributed by atoms with van der Waals surface area (Å²) >= 11 is 0. The molecule has 150 valence electrons. The molecule has 0 saturated heterocycles. The van der Waals surface area contributed by atoms with E-state index in [-0.39, 0.29) is 24.0 Å². The van der Waals surface area contributed by atoms with Crippen LogP contribution in [0.15, 0.2) is 24.4 Å². The Labute approximate surface area is 163 Å². The highest BCUT2D eigenvalue weighted by molar-refractivity contribution is 6.03. The molecule has 0 radical (unpaired) electrons. The van der Waals surface area contributed by atoms with Gasteiger partial charge in [0.2, 0.25) is 5.88 Å². The van der Waals surface area contributed by atoms with Crippen LogP contribution < -0.4 is 15.4 Å². The summed E-state index contributed by atoms with van der Waals surface area (Å²) < 4.78 is 10.4. The maximum Gasteiger partial charge on any atom is 0.407 e. The highest BCUT2D eigenvalue weighted by Crippen LogP contribution is 2.35. The number of pyridine rings is 1. The number of anilines is 1. The Bertz CT molecular complexity index is 805. The SMILES string of the molecule is CCCNC(=O)OC1CCC(c2cc(NC(=O)c3ccc(OC)nc3)n[nH]2)C1. The average molecular weight is 387 g/mol. The third kappa shape index (κ3) is 4.99. The minimum Gasteiger partial charge on any atom is -0.481 e. The van der Waals surface area contributed by atoms with E-state index in [4.69, 9.17) is 9.47 Å². The van der Waals surface area contributed by atoms with Gasteiger partial charge in [-0.15, -0.1) is 0 Å². The Hall–Kier alpha value is -3.10. The van der Waals surface area contributed by atoms with Crippen LogP contribution in [0.1, 0.15) is 54.6 Å². The topological polar surface area (TPSA) is 118 Å². The Morgan fingerprint density at radius 2 is 2.18 bits per heavy atom. The summed E-state index contributed by atoms with van der Waals surface area (Å²) in [5.74, 6) is 0.805. The molecule has 0 aliphatic heterocycles. The van der Waals surface area contributed by atoms with E-state index in [1.165, 1.54) is 13.3 Å². The van der Waals surface area contributed by atoms with Gasteiger partial charge >= 0.3 is 6.09 Å². The van der Waals surface area contributed by atoms with Gasteiger partial charge in [0.05, 0.1) is 12.7 Å². The molecule has 28 heavy (non-hydrogen) atoms. The zero-order valence-corrected chi connectivity index (χ0v) is 16.0. The fourth-order valence-corrected chi connectivity index (χ4v) is 3.18. The number of alkyl carbamates (subject to hydrolysis) is 1. The maximum absolute atomic E-state index is 12.3. The van der Waals surface area contributed by atoms with Crippen LogP contribution in [0.3, 0.4) is 0 Å². The number of methoxy groups -OCH3 is 1. The second kappa shape index (κ2) is 9.20. The van der Waals surface area contributed by atoms with Crippen molar-refractivity contribution in [2.24, 2.45) is 0 Å². The van der Waals surface area contributed by atoms with Crippen LogP contribution in [0.4, 0.5) is 10.6 Å². The number of amides is 2. The maximum atomic E-state index is 12.3. The fraction of sp³-hybridized carbons (Fsp3) is 0.474. The van der Waals surface area contributed by atoms with E-state index in [0.29, 0.717) is 23.8 Å². The van der Waals surface area contributed by atoms with Crippen molar-refractivity contribution in [3.63, 3.8) is 0 Å². The van der Waals surface area contributed by atoms with Gasteiger partial charge in [-0.1, -0.05) is 6.92 Å². The molecule has 3 N–H and O–H groups in total. The van der Waals surface area contributed by atoms with E-state index in [2.05, 4.69) is 25.8 Å². The zero-order chi connectivity index (χ0) is 19.9. The Morgan fingerprint density at radius 3 is 2.89 bits per heavy atom. The van der Waals surface area contributed by atoms with Gasteiger partial charge in [-0.3, -0.25) is 9.89 Å². The molecular formula is C19H25N5O4. The van der Waals surface area contributed by atoms with Crippen molar-refractivity contribution < 1.29 is 19.1 Å². The smallest absolute Gasteiger partial charge is 0.407 e. The lowest BCUT2D eigenvalue weighted by Crippen LogP contribution is -2.28. The summed E-state index contributed by atoms with van der Waals surface area (Å²) in [7, 11) is 1.52. The minimum absolute atomic E-state index is 0.103. The summed E-state index contributed by atoms with van der Waals surface area (Å²) in [5, 5.41) is 12.6. The van der Waals surface area contributed by atoms with Crippen molar-refractivity contribution in [1.29, 1.82) is 0 Å². The molecular weight excluding hydrogens is 362 g/mol. The van der Waals surface area contributed by atoms with Gasteiger partial charge in [0.25, 0.3) is 5.91 Å². The number of aromatic amines is 1. The van der Waals surface area contributed by atoms with Crippen LogP contribution in [-0.4, -0.2) is 46.9 Å². The molecule has 0 bridgehead atoms. The molecule has 1 saturated carbocycles.